The van der Waals surface area contributed by atoms with Crippen molar-refractivity contribution in [2.24, 2.45) is 5.92 Å². The average Bonchev–Trinajstić information content (AvgIpc) is 3.30. The lowest BCUT2D eigenvalue weighted by Crippen LogP contribution is -2.40. The van der Waals surface area contributed by atoms with Crippen LogP contribution in [0.15, 0.2) is 36.9 Å². The largest absolute Gasteiger partial charge is 0.493 e. The van der Waals surface area contributed by atoms with Crippen LogP contribution in [-0.2, 0) is 24.2 Å². The van der Waals surface area contributed by atoms with E-state index in [4.69, 9.17) is 4.74 Å². The summed E-state index contributed by atoms with van der Waals surface area (Å²) in [7, 11) is 0. The van der Waals surface area contributed by atoms with Crippen molar-refractivity contribution in [1.82, 2.24) is 14.9 Å². The Hall–Kier alpha value is -2.34. The van der Waals surface area contributed by atoms with Gasteiger partial charge < -0.3 is 19.7 Å². The Labute approximate surface area is 159 Å². The van der Waals surface area contributed by atoms with E-state index in [0.29, 0.717) is 25.2 Å². The molecule has 3 atom stereocenters. The Balaban J connectivity index is 1.25. The molecule has 2 aliphatic rings. The van der Waals surface area contributed by atoms with Crippen molar-refractivity contribution in [1.29, 1.82) is 0 Å². The van der Waals surface area contributed by atoms with E-state index in [-0.39, 0.29) is 11.9 Å². The third-order valence-electron chi connectivity index (χ3n) is 5.61. The highest BCUT2D eigenvalue weighted by atomic mass is 16.5. The zero-order valence-electron chi connectivity index (χ0n) is 15.5. The molecule has 1 fully saturated rings. The lowest BCUT2D eigenvalue weighted by atomic mass is 10.0. The van der Waals surface area contributed by atoms with E-state index >= 15 is 0 Å². The number of aliphatic hydroxyl groups is 1. The topological polar surface area (TPSA) is 76.4 Å². The van der Waals surface area contributed by atoms with E-state index in [1.807, 2.05) is 22.9 Å². The first-order valence-corrected chi connectivity index (χ1v) is 9.85. The first-order chi connectivity index (χ1) is 13.2. The number of carbonyl (C=O) groups excluding carboxylic acids is 1. The number of aromatic nitrogens is 2. The number of carbonyl (C=O) groups is 1. The standard InChI is InChI=1S/C21H27N3O3/c25-19-12-16(13-24-8-7-22-14-24)11-18(19)23-21(26)6-4-15-3-5-20-17(10-15)2-1-9-27-20/h3,5,7-8,10,14,16,18-19,25H,1-2,4,6,9,11-13H2,(H,23,26)/t16?,18-,19-/m1/s1. The predicted molar refractivity (Wildman–Crippen MR) is 101 cm³/mol. The Morgan fingerprint density at radius 3 is 3.15 bits per heavy atom. The number of fused-ring (bicyclic) bond motifs is 1. The lowest BCUT2D eigenvalue weighted by Gasteiger charge is -2.18. The van der Waals surface area contributed by atoms with Gasteiger partial charge >= 0.3 is 0 Å². The molecule has 6 nitrogen and oxygen atoms in total. The minimum Gasteiger partial charge on any atom is -0.493 e. The van der Waals surface area contributed by atoms with E-state index in [0.717, 1.165) is 38.2 Å². The maximum atomic E-state index is 12.4. The summed E-state index contributed by atoms with van der Waals surface area (Å²) >= 11 is 0. The van der Waals surface area contributed by atoms with Gasteiger partial charge in [0.2, 0.25) is 5.91 Å². The molecule has 1 saturated carbocycles. The molecular weight excluding hydrogens is 342 g/mol. The average molecular weight is 369 g/mol. The minimum atomic E-state index is -0.469. The summed E-state index contributed by atoms with van der Waals surface area (Å²) in [4.78, 5) is 16.4. The third-order valence-corrected chi connectivity index (χ3v) is 5.61. The highest BCUT2D eigenvalue weighted by molar-refractivity contribution is 5.76. The molecule has 0 spiro atoms. The molecule has 0 bridgehead atoms. The summed E-state index contributed by atoms with van der Waals surface area (Å²) in [5.41, 5.74) is 2.41. The molecule has 0 saturated heterocycles. The van der Waals surface area contributed by atoms with Crippen LogP contribution in [0.25, 0.3) is 0 Å². The molecule has 1 aliphatic carbocycles. The van der Waals surface area contributed by atoms with Crippen molar-refractivity contribution >= 4 is 5.91 Å². The molecule has 4 rings (SSSR count). The van der Waals surface area contributed by atoms with Gasteiger partial charge in [0, 0.05) is 25.4 Å². The number of hydrogen-bond donors (Lipinski definition) is 2. The molecule has 2 heterocycles. The van der Waals surface area contributed by atoms with Crippen molar-refractivity contribution < 1.29 is 14.6 Å². The summed E-state index contributed by atoms with van der Waals surface area (Å²) in [6, 6.07) is 6.07. The number of amides is 1. The number of nitrogens with one attached hydrogen (secondary N) is 1. The normalized spacial score (nSPS) is 24.3. The number of aryl methyl sites for hydroxylation is 2. The summed E-state index contributed by atoms with van der Waals surface area (Å²) in [6.07, 6.45) is 9.79. The van der Waals surface area contributed by atoms with Crippen LogP contribution in [0.5, 0.6) is 5.75 Å². The first kappa shape index (κ1) is 18.0. The second-order valence-electron chi connectivity index (χ2n) is 7.73. The van der Waals surface area contributed by atoms with Gasteiger partial charge in [0.15, 0.2) is 0 Å². The first-order valence-electron chi connectivity index (χ1n) is 9.85. The third kappa shape index (κ3) is 4.50. The fourth-order valence-corrected chi connectivity index (χ4v) is 4.22. The van der Waals surface area contributed by atoms with E-state index in [1.165, 1.54) is 11.1 Å². The number of rotatable bonds is 6. The molecule has 27 heavy (non-hydrogen) atoms. The van der Waals surface area contributed by atoms with Crippen LogP contribution in [0.1, 0.15) is 36.8 Å². The van der Waals surface area contributed by atoms with Gasteiger partial charge in [-0.05, 0) is 55.2 Å². The van der Waals surface area contributed by atoms with Gasteiger partial charge in [-0.25, -0.2) is 4.98 Å². The molecule has 1 aliphatic heterocycles. The van der Waals surface area contributed by atoms with Crippen molar-refractivity contribution in [3.05, 3.63) is 48.0 Å². The molecular formula is C21H27N3O3. The van der Waals surface area contributed by atoms with E-state index in [2.05, 4.69) is 16.4 Å². The molecule has 1 aromatic heterocycles. The summed E-state index contributed by atoms with van der Waals surface area (Å²) in [5, 5.41) is 13.3. The van der Waals surface area contributed by atoms with Gasteiger partial charge in [0.05, 0.1) is 25.1 Å². The predicted octanol–water partition coefficient (Wildman–Crippen LogP) is 2.10. The van der Waals surface area contributed by atoms with Crippen LogP contribution < -0.4 is 10.1 Å². The van der Waals surface area contributed by atoms with Gasteiger partial charge in [-0.2, -0.15) is 0 Å². The molecule has 2 aromatic rings. The van der Waals surface area contributed by atoms with Crippen LogP contribution in [0, 0.1) is 5.92 Å². The molecule has 144 valence electrons. The van der Waals surface area contributed by atoms with E-state index in [9.17, 15) is 9.90 Å². The maximum absolute atomic E-state index is 12.4. The van der Waals surface area contributed by atoms with Crippen molar-refractivity contribution in [3.8, 4) is 5.75 Å². The molecule has 0 radical (unpaired) electrons. The number of nitrogens with zero attached hydrogens (tertiary/aromatic N) is 2. The SMILES string of the molecule is O=C(CCc1ccc2c(c1)CCCO2)N[C@@H]1CC(Cn2ccnc2)C[C@H]1O. The number of aliphatic hydroxyl groups excluding tert-OH is 1. The van der Waals surface area contributed by atoms with Gasteiger partial charge in [0.25, 0.3) is 0 Å². The van der Waals surface area contributed by atoms with Gasteiger partial charge in [-0.15, -0.1) is 0 Å². The van der Waals surface area contributed by atoms with E-state index in [1.54, 1.807) is 12.5 Å². The van der Waals surface area contributed by atoms with Crippen molar-refractivity contribution in [2.75, 3.05) is 6.61 Å². The van der Waals surface area contributed by atoms with Crippen molar-refractivity contribution in [3.63, 3.8) is 0 Å². The number of imidazole rings is 1. The van der Waals surface area contributed by atoms with Crippen LogP contribution >= 0.6 is 0 Å². The zero-order chi connectivity index (χ0) is 18.6. The second-order valence-corrected chi connectivity index (χ2v) is 7.73. The number of benzene rings is 1. The highest BCUT2D eigenvalue weighted by Crippen LogP contribution is 2.28. The lowest BCUT2D eigenvalue weighted by molar-refractivity contribution is -0.122. The monoisotopic (exact) mass is 369 g/mol. The van der Waals surface area contributed by atoms with E-state index < -0.39 is 6.10 Å². The Morgan fingerprint density at radius 2 is 2.30 bits per heavy atom. The fourth-order valence-electron chi connectivity index (χ4n) is 4.22. The quantitative estimate of drug-likeness (QED) is 0.818. The van der Waals surface area contributed by atoms with Crippen LogP contribution in [0.4, 0.5) is 0 Å². The number of hydrogen-bond acceptors (Lipinski definition) is 4. The van der Waals surface area contributed by atoms with Crippen LogP contribution in [0.3, 0.4) is 0 Å². The Morgan fingerprint density at radius 1 is 1.37 bits per heavy atom. The Bertz CT molecular complexity index is 775. The van der Waals surface area contributed by atoms with Crippen molar-refractivity contribution in [2.45, 2.75) is 57.2 Å². The van der Waals surface area contributed by atoms with Gasteiger partial charge in [-0.3, -0.25) is 4.79 Å². The molecule has 1 aromatic carbocycles. The Kier molecular flexibility index (Phi) is 5.43. The smallest absolute Gasteiger partial charge is 0.220 e. The van der Waals surface area contributed by atoms with Gasteiger partial charge in [0.1, 0.15) is 5.75 Å². The molecule has 6 heteroatoms. The highest BCUT2D eigenvalue weighted by Gasteiger charge is 2.33. The zero-order valence-corrected chi connectivity index (χ0v) is 15.5. The van der Waals surface area contributed by atoms with Crippen LogP contribution in [0.2, 0.25) is 0 Å². The van der Waals surface area contributed by atoms with Crippen LogP contribution in [-0.4, -0.2) is 39.3 Å². The summed E-state index contributed by atoms with van der Waals surface area (Å²) in [5.74, 6) is 1.35. The van der Waals surface area contributed by atoms with Gasteiger partial charge in [-0.1, -0.05) is 12.1 Å². The minimum absolute atomic E-state index is 0.0105. The number of ether oxygens (including phenoxy) is 1. The molecule has 1 unspecified atom stereocenters. The molecule has 1 amide bonds. The fraction of sp³-hybridized carbons (Fsp3) is 0.524. The summed E-state index contributed by atoms with van der Waals surface area (Å²) in [6.45, 7) is 1.63. The molecule has 2 N–H and O–H groups in total. The second kappa shape index (κ2) is 8.13. The maximum Gasteiger partial charge on any atom is 0.220 e. The summed E-state index contributed by atoms with van der Waals surface area (Å²) < 4.78 is 7.67.